The lowest BCUT2D eigenvalue weighted by atomic mass is 9.87. The van der Waals surface area contributed by atoms with Gasteiger partial charge in [0.15, 0.2) is 0 Å². The van der Waals surface area contributed by atoms with Gasteiger partial charge in [-0.15, -0.1) is 0 Å². The fourth-order valence-corrected chi connectivity index (χ4v) is 3.37. The van der Waals surface area contributed by atoms with Crippen molar-refractivity contribution in [1.29, 1.82) is 0 Å². The molecular formula is C15H20O3. The summed E-state index contributed by atoms with van der Waals surface area (Å²) in [5.41, 5.74) is 0.735. The average Bonchev–Trinajstić information content (AvgIpc) is 2.69. The molecule has 3 heteroatoms. The zero-order valence-corrected chi connectivity index (χ0v) is 11.0. The van der Waals surface area contributed by atoms with E-state index in [4.69, 9.17) is 9.47 Å². The van der Waals surface area contributed by atoms with Crippen LogP contribution in [0, 0.1) is 5.92 Å². The Morgan fingerprint density at radius 2 is 2.22 bits per heavy atom. The van der Waals surface area contributed by atoms with Gasteiger partial charge in [0.1, 0.15) is 17.1 Å². The molecule has 2 aliphatic rings. The first kappa shape index (κ1) is 11.8. The van der Waals surface area contributed by atoms with Crippen LogP contribution in [0.25, 0.3) is 0 Å². The van der Waals surface area contributed by atoms with Crippen LogP contribution in [0.3, 0.4) is 0 Å². The summed E-state index contributed by atoms with van der Waals surface area (Å²) in [7, 11) is 1.65. The summed E-state index contributed by atoms with van der Waals surface area (Å²) in [5, 5.41) is 10.3. The van der Waals surface area contributed by atoms with E-state index in [9.17, 15) is 5.11 Å². The molecule has 1 fully saturated rings. The predicted octanol–water partition coefficient (Wildman–Crippen LogP) is 3.07. The topological polar surface area (TPSA) is 38.7 Å². The zero-order chi connectivity index (χ0) is 12.8. The van der Waals surface area contributed by atoms with E-state index >= 15 is 0 Å². The molecule has 1 heterocycles. The fourth-order valence-electron chi connectivity index (χ4n) is 3.37. The van der Waals surface area contributed by atoms with Gasteiger partial charge in [-0.2, -0.15) is 0 Å². The average molecular weight is 248 g/mol. The van der Waals surface area contributed by atoms with Crippen LogP contribution in [-0.4, -0.2) is 17.8 Å². The van der Waals surface area contributed by atoms with Crippen molar-refractivity contribution in [1.82, 2.24) is 0 Å². The van der Waals surface area contributed by atoms with Crippen LogP contribution in [-0.2, 0) is 0 Å². The van der Waals surface area contributed by atoms with Gasteiger partial charge in [-0.3, -0.25) is 0 Å². The third-order valence-corrected chi connectivity index (χ3v) is 4.28. The van der Waals surface area contributed by atoms with Crippen molar-refractivity contribution in [3.63, 3.8) is 0 Å². The van der Waals surface area contributed by atoms with E-state index in [1.807, 2.05) is 18.2 Å². The number of fused-ring (bicyclic) bond motifs is 1. The largest absolute Gasteiger partial charge is 0.497 e. The molecule has 1 aromatic rings. The minimum Gasteiger partial charge on any atom is -0.497 e. The van der Waals surface area contributed by atoms with E-state index in [-0.39, 0.29) is 5.60 Å². The standard InChI is InChI=1S/C15H20O3/c1-10-5-6-15(8-10)9-13(16)12-4-3-11(17-2)7-14(12)18-15/h3-4,7,10,13,16H,5-6,8-9H2,1-2H3/t10?,13-,15?/m1/s1. The molecule has 1 aromatic carbocycles. The molecule has 1 N–H and O–H groups in total. The van der Waals surface area contributed by atoms with E-state index in [1.54, 1.807) is 7.11 Å². The lowest BCUT2D eigenvalue weighted by Gasteiger charge is -2.38. The van der Waals surface area contributed by atoms with Gasteiger partial charge < -0.3 is 14.6 Å². The SMILES string of the molecule is COc1ccc2c(c1)OC1(CCC(C)C1)C[C@H]2O. The van der Waals surface area contributed by atoms with Gasteiger partial charge in [0, 0.05) is 18.1 Å². The van der Waals surface area contributed by atoms with E-state index in [0.29, 0.717) is 5.92 Å². The van der Waals surface area contributed by atoms with E-state index in [1.165, 1.54) is 6.42 Å². The number of aliphatic hydroxyl groups is 1. The maximum absolute atomic E-state index is 10.3. The van der Waals surface area contributed by atoms with Gasteiger partial charge in [-0.1, -0.05) is 6.92 Å². The number of hydrogen-bond acceptors (Lipinski definition) is 3. The number of hydrogen-bond donors (Lipinski definition) is 1. The number of methoxy groups -OCH3 is 1. The maximum atomic E-state index is 10.3. The highest BCUT2D eigenvalue weighted by Crippen LogP contribution is 2.49. The van der Waals surface area contributed by atoms with Crippen molar-refractivity contribution >= 4 is 0 Å². The Morgan fingerprint density at radius 1 is 1.39 bits per heavy atom. The Morgan fingerprint density at radius 3 is 2.89 bits per heavy atom. The molecule has 1 spiro atoms. The Balaban J connectivity index is 1.95. The number of rotatable bonds is 1. The minimum atomic E-state index is -0.412. The Bertz CT molecular complexity index is 457. The first-order valence-corrected chi connectivity index (χ1v) is 6.67. The van der Waals surface area contributed by atoms with Gasteiger partial charge in [-0.05, 0) is 37.3 Å². The first-order valence-electron chi connectivity index (χ1n) is 6.67. The van der Waals surface area contributed by atoms with Gasteiger partial charge >= 0.3 is 0 Å². The van der Waals surface area contributed by atoms with Crippen molar-refractivity contribution in [2.75, 3.05) is 7.11 Å². The molecular weight excluding hydrogens is 228 g/mol. The van der Waals surface area contributed by atoms with Gasteiger partial charge in [0.2, 0.25) is 0 Å². The van der Waals surface area contributed by atoms with Crippen molar-refractivity contribution in [3.8, 4) is 11.5 Å². The molecule has 1 saturated carbocycles. The van der Waals surface area contributed by atoms with Crippen LogP contribution < -0.4 is 9.47 Å². The lowest BCUT2D eigenvalue weighted by Crippen LogP contribution is -2.38. The number of aliphatic hydroxyl groups excluding tert-OH is 1. The Hall–Kier alpha value is -1.22. The molecule has 98 valence electrons. The van der Waals surface area contributed by atoms with Crippen LogP contribution in [0.4, 0.5) is 0 Å². The molecule has 2 unspecified atom stereocenters. The summed E-state index contributed by atoms with van der Waals surface area (Å²) in [5.74, 6) is 2.26. The molecule has 0 saturated heterocycles. The minimum absolute atomic E-state index is 0.155. The molecule has 1 aliphatic carbocycles. The zero-order valence-electron chi connectivity index (χ0n) is 11.0. The van der Waals surface area contributed by atoms with E-state index < -0.39 is 6.10 Å². The predicted molar refractivity (Wildman–Crippen MR) is 68.9 cm³/mol. The van der Waals surface area contributed by atoms with Gasteiger partial charge in [-0.25, -0.2) is 0 Å². The van der Waals surface area contributed by atoms with Crippen LogP contribution in [0.5, 0.6) is 11.5 Å². The lowest BCUT2D eigenvalue weighted by molar-refractivity contribution is -0.0117. The normalized spacial score (nSPS) is 34.2. The molecule has 18 heavy (non-hydrogen) atoms. The second-order valence-corrected chi connectivity index (χ2v) is 5.76. The molecule has 0 radical (unpaired) electrons. The summed E-state index contributed by atoms with van der Waals surface area (Å²) in [4.78, 5) is 0. The summed E-state index contributed by atoms with van der Waals surface area (Å²) in [6.07, 6.45) is 3.58. The molecule has 1 aliphatic heterocycles. The van der Waals surface area contributed by atoms with Crippen LogP contribution in [0.15, 0.2) is 18.2 Å². The van der Waals surface area contributed by atoms with Crippen molar-refractivity contribution in [3.05, 3.63) is 23.8 Å². The smallest absolute Gasteiger partial charge is 0.129 e. The summed E-state index contributed by atoms with van der Waals surface area (Å²) >= 11 is 0. The molecule has 3 nitrogen and oxygen atoms in total. The molecule has 0 bridgehead atoms. The van der Waals surface area contributed by atoms with Crippen molar-refractivity contribution in [2.45, 2.75) is 44.3 Å². The Labute approximate surface area is 108 Å². The van der Waals surface area contributed by atoms with E-state index in [0.717, 1.165) is 36.3 Å². The van der Waals surface area contributed by atoms with Gasteiger partial charge in [0.25, 0.3) is 0 Å². The first-order chi connectivity index (χ1) is 8.62. The molecule has 0 aromatic heterocycles. The monoisotopic (exact) mass is 248 g/mol. The maximum Gasteiger partial charge on any atom is 0.129 e. The molecule has 3 atom stereocenters. The summed E-state index contributed by atoms with van der Waals surface area (Å²) < 4.78 is 11.4. The number of ether oxygens (including phenoxy) is 2. The highest BCUT2D eigenvalue weighted by Gasteiger charge is 2.45. The molecule has 3 rings (SSSR count). The second-order valence-electron chi connectivity index (χ2n) is 5.76. The van der Waals surface area contributed by atoms with Crippen molar-refractivity contribution < 1.29 is 14.6 Å². The highest BCUT2D eigenvalue weighted by atomic mass is 16.5. The second kappa shape index (κ2) is 4.16. The quantitative estimate of drug-likeness (QED) is 0.830. The van der Waals surface area contributed by atoms with Crippen molar-refractivity contribution in [2.24, 2.45) is 5.92 Å². The number of benzene rings is 1. The molecule has 0 amide bonds. The van der Waals surface area contributed by atoms with E-state index in [2.05, 4.69) is 6.92 Å². The Kier molecular flexibility index (Phi) is 2.74. The fraction of sp³-hybridized carbons (Fsp3) is 0.600. The van der Waals surface area contributed by atoms with Crippen LogP contribution in [0.1, 0.15) is 44.3 Å². The van der Waals surface area contributed by atoms with Crippen LogP contribution >= 0.6 is 0 Å². The van der Waals surface area contributed by atoms with Gasteiger partial charge in [0.05, 0.1) is 13.2 Å². The third kappa shape index (κ3) is 1.87. The van der Waals surface area contributed by atoms with Crippen LogP contribution in [0.2, 0.25) is 0 Å². The third-order valence-electron chi connectivity index (χ3n) is 4.28. The summed E-state index contributed by atoms with van der Waals surface area (Å²) in [6, 6.07) is 5.67. The summed E-state index contributed by atoms with van der Waals surface area (Å²) in [6.45, 7) is 2.26. The highest BCUT2D eigenvalue weighted by molar-refractivity contribution is 5.44.